The Balaban J connectivity index is 2.23. The molecule has 6 heteroatoms. The summed E-state index contributed by atoms with van der Waals surface area (Å²) >= 11 is 0. The minimum absolute atomic E-state index is 0.297. The molecular formula is C11H16N2O4. The largest absolute Gasteiger partial charge is 0.456 e. The van der Waals surface area contributed by atoms with Gasteiger partial charge in [-0.05, 0) is 13.3 Å². The van der Waals surface area contributed by atoms with Crippen molar-refractivity contribution < 1.29 is 18.8 Å². The lowest BCUT2D eigenvalue weighted by Crippen LogP contribution is -2.20. The van der Waals surface area contributed by atoms with Gasteiger partial charge in [-0.2, -0.15) is 0 Å². The summed E-state index contributed by atoms with van der Waals surface area (Å²) in [5.74, 6) is 0.124. The molecule has 17 heavy (non-hydrogen) atoms. The summed E-state index contributed by atoms with van der Waals surface area (Å²) in [7, 11) is 0. The number of carbonyl (C=O) groups excluding carboxylic acids is 2. The van der Waals surface area contributed by atoms with Gasteiger partial charge in [0.1, 0.15) is 5.76 Å². The number of ether oxygens (including phenoxy) is 1. The summed E-state index contributed by atoms with van der Waals surface area (Å²) in [5, 5.41) is 6.04. The Morgan fingerprint density at radius 1 is 1.53 bits per heavy atom. The number of carbonyl (C=O) groups is 2. The zero-order chi connectivity index (χ0) is 12.7. The van der Waals surface area contributed by atoms with E-state index in [0.29, 0.717) is 18.0 Å². The molecule has 0 bridgehead atoms. The molecule has 0 aliphatic heterocycles. The SMILES string of the molecule is CCCCC(=O)OCC(=O)Nc1cc(C)on1. The number of hydrogen-bond donors (Lipinski definition) is 1. The molecule has 0 spiro atoms. The van der Waals surface area contributed by atoms with Crippen LogP contribution in [-0.4, -0.2) is 23.6 Å². The predicted molar refractivity (Wildman–Crippen MR) is 60.4 cm³/mol. The second kappa shape index (κ2) is 6.67. The number of nitrogens with zero attached hydrogens (tertiary/aromatic N) is 1. The summed E-state index contributed by atoms with van der Waals surface area (Å²) in [6.45, 7) is 3.40. The topological polar surface area (TPSA) is 81.4 Å². The molecular weight excluding hydrogens is 224 g/mol. The third kappa shape index (κ3) is 5.14. The smallest absolute Gasteiger partial charge is 0.306 e. The van der Waals surface area contributed by atoms with Crippen molar-refractivity contribution in [2.45, 2.75) is 33.1 Å². The van der Waals surface area contributed by atoms with Gasteiger partial charge in [-0.3, -0.25) is 9.59 Å². The van der Waals surface area contributed by atoms with E-state index < -0.39 is 5.91 Å². The Bertz CT molecular complexity index is 387. The summed E-state index contributed by atoms with van der Waals surface area (Å²) in [6.07, 6.45) is 2.02. The second-order valence-electron chi connectivity index (χ2n) is 3.64. The predicted octanol–water partition coefficient (Wildman–Crippen LogP) is 1.65. The second-order valence-corrected chi connectivity index (χ2v) is 3.64. The molecule has 0 aromatic carbocycles. The van der Waals surface area contributed by atoms with E-state index in [2.05, 4.69) is 10.5 Å². The number of unbranched alkanes of at least 4 members (excludes halogenated alkanes) is 1. The van der Waals surface area contributed by atoms with E-state index in [1.807, 2.05) is 6.92 Å². The average Bonchev–Trinajstić information content (AvgIpc) is 2.69. The fraction of sp³-hybridized carbons (Fsp3) is 0.545. The fourth-order valence-corrected chi connectivity index (χ4v) is 1.14. The number of rotatable bonds is 6. The van der Waals surface area contributed by atoms with Crippen molar-refractivity contribution in [2.24, 2.45) is 0 Å². The first-order chi connectivity index (χ1) is 8.11. The maximum absolute atomic E-state index is 11.3. The van der Waals surface area contributed by atoms with Gasteiger partial charge in [0.15, 0.2) is 12.4 Å². The van der Waals surface area contributed by atoms with Crippen LogP contribution < -0.4 is 5.32 Å². The Hall–Kier alpha value is -1.85. The van der Waals surface area contributed by atoms with Crippen molar-refractivity contribution in [3.05, 3.63) is 11.8 Å². The molecule has 1 N–H and O–H groups in total. The van der Waals surface area contributed by atoms with Crippen LogP contribution >= 0.6 is 0 Å². The molecule has 1 aromatic rings. The molecule has 1 aromatic heterocycles. The highest BCUT2D eigenvalue weighted by atomic mass is 16.5. The normalized spacial score (nSPS) is 10.0. The Morgan fingerprint density at radius 3 is 2.88 bits per heavy atom. The van der Waals surface area contributed by atoms with Crippen LogP contribution in [0.5, 0.6) is 0 Å². The molecule has 0 radical (unpaired) electrons. The standard InChI is InChI=1S/C11H16N2O4/c1-3-4-5-11(15)16-7-10(14)12-9-6-8(2)17-13-9/h6H,3-5,7H2,1-2H3,(H,12,13,14). The van der Waals surface area contributed by atoms with Gasteiger partial charge in [-0.25, -0.2) is 0 Å². The number of esters is 1. The van der Waals surface area contributed by atoms with Crippen LogP contribution in [0.2, 0.25) is 0 Å². The monoisotopic (exact) mass is 240 g/mol. The molecule has 0 saturated heterocycles. The number of aromatic nitrogens is 1. The van der Waals surface area contributed by atoms with Crippen LogP contribution in [0.25, 0.3) is 0 Å². The van der Waals surface area contributed by atoms with Gasteiger partial charge in [-0.15, -0.1) is 0 Å². The van der Waals surface area contributed by atoms with Gasteiger partial charge in [-0.1, -0.05) is 18.5 Å². The Morgan fingerprint density at radius 2 is 2.29 bits per heavy atom. The van der Waals surface area contributed by atoms with Crippen LogP contribution in [0.1, 0.15) is 31.9 Å². The van der Waals surface area contributed by atoms with E-state index in [0.717, 1.165) is 12.8 Å². The van der Waals surface area contributed by atoms with Crippen molar-refractivity contribution in [3.63, 3.8) is 0 Å². The van der Waals surface area contributed by atoms with E-state index in [-0.39, 0.29) is 12.6 Å². The molecule has 94 valence electrons. The molecule has 0 aliphatic rings. The van der Waals surface area contributed by atoms with E-state index in [1.54, 1.807) is 13.0 Å². The number of amides is 1. The van der Waals surface area contributed by atoms with Crippen LogP contribution in [-0.2, 0) is 14.3 Å². The quantitative estimate of drug-likeness (QED) is 0.764. The molecule has 6 nitrogen and oxygen atoms in total. The van der Waals surface area contributed by atoms with E-state index in [9.17, 15) is 9.59 Å². The maximum Gasteiger partial charge on any atom is 0.306 e. The minimum atomic E-state index is -0.428. The van der Waals surface area contributed by atoms with Crippen molar-refractivity contribution in [1.29, 1.82) is 0 Å². The van der Waals surface area contributed by atoms with Gasteiger partial charge >= 0.3 is 5.97 Å². The first-order valence-electron chi connectivity index (χ1n) is 5.50. The Labute approximate surface area is 99.3 Å². The minimum Gasteiger partial charge on any atom is -0.456 e. The third-order valence-corrected chi connectivity index (χ3v) is 1.99. The number of anilines is 1. The number of nitrogens with one attached hydrogen (secondary N) is 1. The highest BCUT2D eigenvalue weighted by Crippen LogP contribution is 2.06. The lowest BCUT2D eigenvalue weighted by molar-refractivity contribution is -0.147. The highest BCUT2D eigenvalue weighted by Gasteiger charge is 2.09. The third-order valence-electron chi connectivity index (χ3n) is 1.99. The highest BCUT2D eigenvalue weighted by molar-refractivity contribution is 5.91. The van der Waals surface area contributed by atoms with Gasteiger partial charge in [0.05, 0.1) is 0 Å². The van der Waals surface area contributed by atoms with Crippen molar-refractivity contribution in [3.8, 4) is 0 Å². The fourth-order valence-electron chi connectivity index (χ4n) is 1.14. The van der Waals surface area contributed by atoms with E-state index in [1.165, 1.54) is 0 Å². The molecule has 0 atom stereocenters. The van der Waals surface area contributed by atoms with Gasteiger partial charge < -0.3 is 14.6 Å². The maximum atomic E-state index is 11.3. The van der Waals surface area contributed by atoms with Crippen LogP contribution in [0.15, 0.2) is 10.6 Å². The molecule has 1 rings (SSSR count). The summed E-state index contributed by atoms with van der Waals surface area (Å²) in [6, 6.07) is 1.58. The zero-order valence-corrected chi connectivity index (χ0v) is 9.99. The van der Waals surface area contributed by atoms with Crippen LogP contribution in [0, 0.1) is 6.92 Å². The van der Waals surface area contributed by atoms with Gasteiger partial charge in [0, 0.05) is 12.5 Å². The van der Waals surface area contributed by atoms with Gasteiger partial charge in [0.25, 0.3) is 5.91 Å². The van der Waals surface area contributed by atoms with Crippen LogP contribution in [0.4, 0.5) is 5.82 Å². The lowest BCUT2D eigenvalue weighted by atomic mass is 10.2. The van der Waals surface area contributed by atoms with Gasteiger partial charge in [0.2, 0.25) is 0 Å². The number of hydrogen-bond acceptors (Lipinski definition) is 5. The average molecular weight is 240 g/mol. The molecule has 0 saturated carbocycles. The van der Waals surface area contributed by atoms with E-state index >= 15 is 0 Å². The zero-order valence-electron chi connectivity index (χ0n) is 9.99. The van der Waals surface area contributed by atoms with Crippen molar-refractivity contribution in [2.75, 3.05) is 11.9 Å². The molecule has 0 unspecified atom stereocenters. The summed E-state index contributed by atoms with van der Waals surface area (Å²) < 4.78 is 9.55. The molecule has 1 amide bonds. The molecule has 1 heterocycles. The first kappa shape index (κ1) is 13.2. The molecule has 0 aliphatic carbocycles. The summed E-state index contributed by atoms with van der Waals surface area (Å²) in [5.41, 5.74) is 0. The first-order valence-corrected chi connectivity index (χ1v) is 5.50. The van der Waals surface area contributed by atoms with E-state index in [4.69, 9.17) is 9.26 Å². The summed E-state index contributed by atoms with van der Waals surface area (Å²) in [4.78, 5) is 22.5. The molecule has 0 fully saturated rings. The Kier molecular flexibility index (Phi) is 5.19. The lowest BCUT2D eigenvalue weighted by Gasteiger charge is -2.03. The number of aryl methyl sites for hydroxylation is 1. The van der Waals surface area contributed by atoms with Crippen molar-refractivity contribution in [1.82, 2.24) is 5.16 Å². The van der Waals surface area contributed by atoms with Crippen LogP contribution in [0.3, 0.4) is 0 Å². The van der Waals surface area contributed by atoms with Crippen molar-refractivity contribution >= 4 is 17.7 Å².